The molecule has 3 rings (SSSR count). The number of aromatic amines is 1. The molecular weight excluding hydrogens is 404 g/mol. The third-order valence-corrected chi connectivity index (χ3v) is 6.02. The number of aromatic nitrogens is 1. The first-order valence-electron chi connectivity index (χ1n) is 10.6. The van der Waals surface area contributed by atoms with Gasteiger partial charge in [0.05, 0.1) is 12.6 Å². The number of H-pyrrole nitrogens is 1. The monoisotopic (exact) mass is 436 g/mol. The molecule has 0 aliphatic heterocycles. The highest BCUT2D eigenvalue weighted by Crippen LogP contribution is 2.18. The van der Waals surface area contributed by atoms with Crippen LogP contribution < -0.4 is 10.9 Å². The highest BCUT2D eigenvalue weighted by Gasteiger charge is 2.16. The Balaban J connectivity index is 1.85. The first-order chi connectivity index (χ1) is 14.7. The molecule has 0 amide bonds. The lowest BCUT2D eigenvalue weighted by molar-refractivity contribution is 0.320. The van der Waals surface area contributed by atoms with E-state index in [1.807, 2.05) is 44.4 Å². The second-order valence-electron chi connectivity index (χ2n) is 8.45. The van der Waals surface area contributed by atoms with Gasteiger partial charge in [-0.25, -0.2) is 0 Å². The Hall–Kier alpha value is -2.70. The summed E-state index contributed by atoms with van der Waals surface area (Å²) < 4.78 is 0. The fraction of sp³-hybridized carbons (Fsp3) is 0.360. The van der Waals surface area contributed by atoms with Gasteiger partial charge in [-0.05, 0) is 87.4 Å². The van der Waals surface area contributed by atoms with Crippen LogP contribution in [0.15, 0.2) is 53.3 Å². The summed E-state index contributed by atoms with van der Waals surface area (Å²) >= 11 is 5.76. The normalized spacial score (nSPS) is 12.2. The predicted octanol–water partition coefficient (Wildman–Crippen LogP) is 4.14. The van der Waals surface area contributed by atoms with Crippen molar-refractivity contribution < 1.29 is 0 Å². The topological polar surface area (TPSA) is 51.4 Å². The smallest absolute Gasteiger partial charge is 0.253 e. The van der Waals surface area contributed by atoms with Crippen molar-refractivity contribution in [3.8, 4) is 0 Å². The van der Waals surface area contributed by atoms with Crippen LogP contribution in [0.2, 0.25) is 0 Å². The molecule has 1 aromatic heterocycles. The van der Waals surface area contributed by atoms with Gasteiger partial charge in [0.15, 0.2) is 5.11 Å². The van der Waals surface area contributed by atoms with Gasteiger partial charge in [-0.1, -0.05) is 30.3 Å². The molecular formula is C25H32N4OS. The van der Waals surface area contributed by atoms with Gasteiger partial charge in [0.25, 0.3) is 5.56 Å². The Morgan fingerprint density at radius 3 is 2.42 bits per heavy atom. The summed E-state index contributed by atoms with van der Waals surface area (Å²) in [6.07, 6.45) is 0. The van der Waals surface area contributed by atoms with Crippen molar-refractivity contribution >= 4 is 28.2 Å². The third kappa shape index (κ3) is 5.93. The van der Waals surface area contributed by atoms with Crippen molar-refractivity contribution in [1.29, 1.82) is 0 Å². The Bertz CT molecular complexity index is 1110. The van der Waals surface area contributed by atoms with Crippen LogP contribution in [0.5, 0.6) is 0 Å². The van der Waals surface area contributed by atoms with Crippen LogP contribution in [0.4, 0.5) is 0 Å². The van der Waals surface area contributed by atoms with Gasteiger partial charge in [0.1, 0.15) is 0 Å². The van der Waals surface area contributed by atoms with Crippen molar-refractivity contribution in [1.82, 2.24) is 20.1 Å². The van der Waals surface area contributed by atoms with Crippen molar-refractivity contribution in [2.75, 3.05) is 27.2 Å². The maximum Gasteiger partial charge on any atom is 0.253 e. The number of likely N-dealkylation sites (N-methyl/N-ethyl adjacent to an activating group) is 1. The number of thiocarbonyl (C=S) groups is 1. The molecule has 6 heteroatoms. The standard InChI is InChI=1S/C25H32N4OS/c1-17-13-21-15-22(24(30)27-23(21)14-18(17)2)16-29(12-11-28(4)5)25(31)26-19(3)20-9-7-6-8-10-20/h6-10,13-15,19H,11-12,16H2,1-5H3,(H,26,31)(H,27,30)/t19-/m1/s1. The highest BCUT2D eigenvalue weighted by molar-refractivity contribution is 7.80. The van der Waals surface area contributed by atoms with Crippen molar-refractivity contribution in [3.63, 3.8) is 0 Å². The molecule has 0 bridgehead atoms. The summed E-state index contributed by atoms with van der Waals surface area (Å²) in [5, 5.41) is 5.13. The van der Waals surface area contributed by atoms with Crippen LogP contribution in [-0.4, -0.2) is 47.1 Å². The second-order valence-corrected chi connectivity index (χ2v) is 8.84. The number of pyridine rings is 1. The fourth-order valence-corrected chi connectivity index (χ4v) is 3.85. The molecule has 0 fully saturated rings. The minimum atomic E-state index is -0.0653. The van der Waals surface area contributed by atoms with E-state index >= 15 is 0 Å². The number of fused-ring (bicyclic) bond motifs is 1. The van der Waals surface area contributed by atoms with E-state index in [-0.39, 0.29) is 11.6 Å². The Morgan fingerprint density at radius 2 is 1.74 bits per heavy atom. The first-order valence-corrected chi connectivity index (χ1v) is 11.0. The van der Waals surface area contributed by atoms with Gasteiger partial charge in [-0.2, -0.15) is 0 Å². The van der Waals surface area contributed by atoms with E-state index in [4.69, 9.17) is 12.2 Å². The molecule has 5 nitrogen and oxygen atoms in total. The third-order valence-electron chi connectivity index (χ3n) is 5.64. The molecule has 2 aromatic carbocycles. The molecule has 0 unspecified atom stereocenters. The van der Waals surface area contributed by atoms with Gasteiger partial charge < -0.3 is 20.1 Å². The Morgan fingerprint density at radius 1 is 1.06 bits per heavy atom. The lowest BCUT2D eigenvalue weighted by atomic mass is 10.0. The van der Waals surface area contributed by atoms with Gasteiger partial charge in [0.2, 0.25) is 0 Å². The van der Waals surface area contributed by atoms with Gasteiger partial charge in [-0.3, -0.25) is 4.79 Å². The lowest BCUT2D eigenvalue weighted by Crippen LogP contribution is -2.44. The molecule has 0 saturated heterocycles. The van der Waals surface area contributed by atoms with Gasteiger partial charge >= 0.3 is 0 Å². The second kappa shape index (κ2) is 10.1. The Labute approximate surface area is 190 Å². The maximum atomic E-state index is 12.8. The summed E-state index contributed by atoms with van der Waals surface area (Å²) in [5.41, 5.74) is 5.07. The largest absolute Gasteiger partial charge is 0.356 e. The van der Waals surface area contributed by atoms with Crippen LogP contribution in [0, 0.1) is 13.8 Å². The van der Waals surface area contributed by atoms with Crippen LogP contribution in [0.1, 0.15) is 35.2 Å². The van der Waals surface area contributed by atoms with E-state index < -0.39 is 0 Å². The van der Waals surface area contributed by atoms with Gasteiger partial charge in [0, 0.05) is 24.2 Å². The molecule has 2 N–H and O–H groups in total. The summed E-state index contributed by atoms with van der Waals surface area (Å²) in [7, 11) is 4.07. The maximum absolute atomic E-state index is 12.8. The zero-order valence-corrected chi connectivity index (χ0v) is 19.8. The molecule has 0 aliphatic carbocycles. The molecule has 1 heterocycles. The number of benzene rings is 2. The summed E-state index contributed by atoms with van der Waals surface area (Å²) in [6, 6.07) is 16.5. The minimum Gasteiger partial charge on any atom is -0.356 e. The molecule has 0 radical (unpaired) electrons. The SMILES string of the molecule is Cc1cc2cc(CN(CCN(C)C)C(=S)N[C@H](C)c3ccccc3)c(=O)[nH]c2cc1C. The fourth-order valence-electron chi connectivity index (χ4n) is 3.52. The molecule has 31 heavy (non-hydrogen) atoms. The highest BCUT2D eigenvalue weighted by atomic mass is 32.1. The zero-order chi connectivity index (χ0) is 22.5. The van der Waals surface area contributed by atoms with E-state index in [2.05, 4.69) is 59.1 Å². The van der Waals surface area contributed by atoms with Crippen molar-refractivity contribution in [3.05, 3.63) is 81.1 Å². The molecule has 164 valence electrons. The summed E-state index contributed by atoms with van der Waals surface area (Å²) in [4.78, 5) is 20.1. The molecule has 1 atom stereocenters. The molecule has 0 spiro atoms. The average Bonchev–Trinajstić information content (AvgIpc) is 2.73. The van der Waals surface area contributed by atoms with E-state index in [9.17, 15) is 4.79 Å². The Kier molecular flexibility index (Phi) is 7.46. The number of rotatable bonds is 7. The summed E-state index contributed by atoms with van der Waals surface area (Å²) in [6.45, 7) is 8.27. The quantitative estimate of drug-likeness (QED) is 0.545. The van der Waals surface area contributed by atoms with E-state index in [1.165, 1.54) is 16.7 Å². The van der Waals surface area contributed by atoms with Crippen LogP contribution in [-0.2, 0) is 6.54 Å². The van der Waals surface area contributed by atoms with Crippen molar-refractivity contribution in [2.24, 2.45) is 0 Å². The van der Waals surface area contributed by atoms with E-state index in [1.54, 1.807) is 0 Å². The van der Waals surface area contributed by atoms with Crippen LogP contribution in [0.3, 0.4) is 0 Å². The summed E-state index contributed by atoms with van der Waals surface area (Å²) in [5.74, 6) is 0. The first kappa shape index (κ1) is 23.0. The van der Waals surface area contributed by atoms with Gasteiger partial charge in [-0.15, -0.1) is 0 Å². The number of nitrogens with zero attached hydrogens (tertiary/aromatic N) is 2. The number of hydrogen-bond donors (Lipinski definition) is 2. The zero-order valence-electron chi connectivity index (χ0n) is 19.0. The molecule has 0 saturated carbocycles. The predicted molar refractivity (Wildman–Crippen MR) is 134 cm³/mol. The van der Waals surface area contributed by atoms with Crippen molar-refractivity contribution in [2.45, 2.75) is 33.4 Å². The average molecular weight is 437 g/mol. The number of nitrogens with one attached hydrogen (secondary N) is 2. The van der Waals surface area contributed by atoms with Crippen LogP contribution in [0.25, 0.3) is 10.9 Å². The molecule has 0 aliphatic rings. The van der Waals surface area contributed by atoms with E-state index in [0.717, 1.165) is 24.0 Å². The lowest BCUT2D eigenvalue weighted by Gasteiger charge is -2.29. The molecule has 3 aromatic rings. The number of aryl methyl sites for hydroxylation is 2. The van der Waals surface area contributed by atoms with Crippen LogP contribution >= 0.6 is 12.2 Å². The minimum absolute atomic E-state index is 0.0653. The number of hydrogen-bond acceptors (Lipinski definition) is 3. The van der Waals surface area contributed by atoms with E-state index in [0.29, 0.717) is 17.2 Å².